The molecule has 0 radical (unpaired) electrons. The van der Waals surface area contributed by atoms with E-state index in [4.69, 9.17) is 14.2 Å². The Hall–Kier alpha value is -3.12. The smallest absolute Gasteiger partial charge is 0.343 e. The molecule has 3 rings (SSSR count). The van der Waals surface area contributed by atoms with Crippen molar-refractivity contribution in [2.75, 3.05) is 13.7 Å². The Morgan fingerprint density at radius 2 is 1.57 bits per heavy atom. The van der Waals surface area contributed by atoms with E-state index in [1.165, 1.54) is 5.56 Å². The molecule has 154 valence electrons. The minimum absolute atomic E-state index is 0.340. The number of hydrogen-bond acceptors (Lipinski definition) is 5. The van der Waals surface area contributed by atoms with Gasteiger partial charge in [-0.1, -0.05) is 30.3 Å². The van der Waals surface area contributed by atoms with Crippen LogP contribution in [0.2, 0.25) is 0 Å². The number of ether oxygens (including phenoxy) is 3. The lowest BCUT2D eigenvalue weighted by molar-refractivity contribution is 0.0500. The maximum Gasteiger partial charge on any atom is 0.343 e. The molecule has 0 saturated heterocycles. The van der Waals surface area contributed by atoms with Crippen molar-refractivity contribution in [3.8, 4) is 11.5 Å². The van der Waals surface area contributed by atoms with Crippen LogP contribution in [0.15, 0.2) is 77.3 Å². The fourth-order valence-electron chi connectivity index (χ4n) is 2.79. The van der Waals surface area contributed by atoms with Crippen LogP contribution in [0.4, 0.5) is 0 Å². The molecule has 0 fully saturated rings. The van der Waals surface area contributed by atoms with E-state index in [2.05, 4.69) is 15.9 Å². The van der Waals surface area contributed by atoms with Gasteiger partial charge in [0.2, 0.25) is 0 Å². The lowest BCUT2D eigenvalue weighted by atomic mass is 10.1. The standard InChI is InChI=1S/C24H21BrO5/c1-28-22-14-11-19(16-21(22)25)24(27)30-20-12-9-18(10-13-20)23(26)29-15-5-8-17-6-3-2-4-7-17/h2-4,6-7,9-14,16H,5,8,15H2,1H3. The molecule has 30 heavy (non-hydrogen) atoms. The van der Waals surface area contributed by atoms with Crippen LogP contribution in [0, 0.1) is 0 Å². The van der Waals surface area contributed by atoms with Gasteiger partial charge in [-0.3, -0.25) is 0 Å². The lowest BCUT2D eigenvalue weighted by Gasteiger charge is -2.08. The number of halogens is 1. The van der Waals surface area contributed by atoms with Gasteiger partial charge >= 0.3 is 11.9 Å². The number of carbonyl (C=O) groups is 2. The topological polar surface area (TPSA) is 61.8 Å². The summed E-state index contributed by atoms with van der Waals surface area (Å²) in [4.78, 5) is 24.5. The zero-order chi connectivity index (χ0) is 21.3. The summed E-state index contributed by atoms with van der Waals surface area (Å²) >= 11 is 3.34. The fraction of sp³-hybridized carbons (Fsp3) is 0.167. The van der Waals surface area contributed by atoms with Gasteiger partial charge in [0.1, 0.15) is 11.5 Å². The van der Waals surface area contributed by atoms with E-state index in [9.17, 15) is 9.59 Å². The number of rotatable bonds is 8. The summed E-state index contributed by atoms with van der Waals surface area (Å²) in [5.74, 6) is 0.0559. The van der Waals surface area contributed by atoms with E-state index in [1.54, 1.807) is 49.6 Å². The molecule has 0 aliphatic carbocycles. The van der Waals surface area contributed by atoms with Crippen molar-refractivity contribution in [1.82, 2.24) is 0 Å². The molecule has 0 aromatic heterocycles. The molecule has 3 aromatic carbocycles. The highest BCUT2D eigenvalue weighted by Crippen LogP contribution is 2.26. The quantitative estimate of drug-likeness (QED) is 0.249. The molecule has 0 saturated carbocycles. The lowest BCUT2D eigenvalue weighted by Crippen LogP contribution is -2.10. The number of aryl methyl sites for hydroxylation is 1. The third-order valence-corrected chi connectivity index (χ3v) is 4.99. The van der Waals surface area contributed by atoms with Crippen molar-refractivity contribution in [2.24, 2.45) is 0 Å². The Labute approximate surface area is 183 Å². The third-order valence-electron chi connectivity index (χ3n) is 4.37. The van der Waals surface area contributed by atoms with Crippen LogP contribution >= 0.6 is 15.9 Å². The molecule has 0 aliphatic heterocycles. The Bertz CT molecular complexity index is 1000. The zero-order valence-corrected chi connectivity index (χ0v) is 18.1. The van der Waals surface area contributed by atoms with Crippen LogP contribution < -0.4 is 9.47 Å². The minimum atomic E-state index is -0.505. The number of carbonyl (C=O) groups excluding carboxylic acids is 2. The highest BCUT2D eigenvalue weighted by atomic mass is 79.9. The van der Waals surface area contributed by atoms with Crippen molar-refractivity contribution in [2.45, 2.75) is 12.8 Å². The average Bonchev–Trinajstić information content (AvgIpc) is 2.77. The molecule has 0 unspecified atom stereocenters. The fourth-order valence-corrected chi connectivity index (χ4v) is 3.33. The summed E-state index contributed by atoms with van der Waals surface area (Å²) in [6.45, 7) is 0.344. The van der Waals surface area contributed by atoms with Gasteiger partial charge in [-0.2, -0.15) is 0 Å². The van der Waals surface area contributed by atoms with Crippen LogP contribution in [0.25, 0.3) is 0 Å². The molecule has 0 bridgehead atoms. The normalized spacial score (nSPS) is 10.3. The zero-order valence-electron chi connectivity index (χ0n) is 16.5. The maximum absolute atomic E-state index is 12.3. The van der Waals surface area contributed by atoms with E-state index in [1.807, 2.05) is 30.3 Å². The Balaban J connectivity index is 1.49. The van der Waals surface area contributed by atoms with Gasteiger partial charge in [0.15, 0.2) is 0 Å². The summed E-state index contributed by atoms with van der Waals surface area (Å²) in [6.07, 6.45) is 1.60. The Morgan fingerprint density at radius 3 is 2.23 bits per heavy atom. The largest absolute Gasteiger partial charge is 0.496 e. The van der Waals surface area contributed by atoms with E-state index in [0.29, 0.717) is 33.7 Å². The molecule has 0 amide bonds. The SMILES string of the molecule is COc1ccc(C(=O)Oc2ccc(C(=O)OCCCc3ccccc3)cc2)cc1Br. The first-order valence-electron chi connectivity index (χ1n) is 9.43. The summed E-state index contributed by atoms with van der Waals surface area (Å²) in [5.41, 5.74) is 2.00. The second-order valence-electron chi connectivity index (χ2n) is 6.49. The Morgan fingerprint density at radius 1 is 0.867 bits per heavy atom. The van der Waals surface area contributed by atoms with Crippen LogP contribution in [0.3, 0.4) is 0 Å². The van der Waals surface area contributed by atoms with Crippen LogP contribution in [-0.2, 0) is 11.2 Å². The van der Waals surface area contributed by atoms with Crippen LogP contribution in [0.5, 0.6) is 11.5 Å². The second kappa shape index (κ2) is 10.6. The monoisotopic (exact) mass is 468 g/mol. The highest BCUT2D eigenvalue weighted by molar-refractivity contribution is 9.10. The summed E-state index contributed by atoms with van der Waals surface area (Å²) in [6, 6.07) is 21.3. The van der Waals surface area contributed by atoms with Gasteiger partial charge in [0.25, 0.3) is 0 Å². The van der Waals surface area contributed by atoms with Gasteiger partial charge in [-0.25, -0.2) is 9.59 Å². The molecule has 0 aliphatic rings. The van der Waals surface area contributed by atoms with Gasteiger partial charge in [0.05, 0.1) is 29.3 Å². The molecule has 3 aromatic rings. The molecular weight excluding hydrogens is 448 g/mol. The number of benzene rings is 3. The number of hydrogen-bond donors (Lipinski definition) is 0. The first-order chi connectivity index (χ1) is 14.6. The summed E-state index contributed by atoms with van der Waals surface area (Å²) < 4.78 is 16.5. The maximum atomic E-state index is 12.3. The van der Waals surface area contributed by atoms with Gasteiger partial charge in [0, 0.05) is 0 Å². The van der Waals surface area contributed by atoms with Crippen molar-refractivity contribution < 1.29 is 23.8 Å². The van der Waals surface area contributed by atoms with Crippen molar-refractivity contribution in [3.63, 3.8) is 0 Å². The van der Waals surface area contributed by atoms with Crippen LogP contribution in [-0.4, -0.2) is 25.7 Å². The van der Waals surface area contributed by atoms with E-state index in [-0.39, 0.29) is 0 Å². The van der Waals surface area contributed by atoms with Gasteiger partial charge in [-0.05, 0) is 76.8 Å². The van der Waals surface area contributed by atoms with Gasteiger partial charge < -0.3 is 14.2 Å². The second-order valence-corrected chi connectivity index (χ2v) is 7.34. The van der Waals surface area contributed by atoms with E-state index in [0.717, 1.165) is 12.8 Å². The summed E-state index contributed by atoms with van der Waals surface area (Å²) in [7, 11) is 1.55. The molecule has 0 heterocycles. The molecule has 0 N–H and O–H groups in total. The first-order valence-corrected chi connectivity index (χ1v) is 10.2. The predicted molar refractivity (Wildman–Crippen MR) is 117 cm³/mol. The molecule has 0 spiro atoms. The van der Waals surface area contributed by atoms with E-state index < -0.39 is 11.9 Å². The van der Waals surface area contributed by atoms with E-state index >= 15 is 0 Å². The molecule has 5 nitrogen and oxygen atoms in total. The first kappa shape index (κ1) is 21.6. The Kier molecular flexibility index (Phi) is 7.63. The number of methoxy groups -OCH3 is 1. The minimum Gasteiger partial charge on any atom is -0.496 e. The van der Waals surface area contributed by atoms with Crippen molar-refractivity contribution in [3.05, 3.63) is 94.0 Å². The van der Waals surface area contributed by atoms with Gasteiger partial charge in [-0.15, -0.1) is 0 Å². The predicted octanol–water partition coefficient (Wildman–Crippen LogP) is 5.47. The number of esters is 2. The van der Waals surface area contributed by atoms with Crippen molar-refractivity contribution in [1.29, 1.82) is 0 Å². The highest BCUT2D eigenvalue weighted by Gasteiger charge is 2.13. The third kappa shape index (κ3) is 5.94. The molecule has 0 atom stereocenters. The van der Waals surface area contributed by atoms with Crippen molar-refractivity contribution >= 4 is 27.9 Å². The average molecular weight is 469 g/mol. The summed E-state index contributed by atoms with van der Waals surface area (Å²) in [5, 5.41) is 0. The van der Waals surface area contributed by atoms with Crippen LogP contribution in [0.1, 0.15) is 32.7 Å². The molecular formula is C24H21BrO5. The molecule has 6 heteroatoms.